The summed E-state index contributed by atoms with van der Waals surface area (Å²) in [7, 11) is 2.95. The predicted octanol–water partition coefficient (Wildman–Crippen LogP) is 5.45. The van der Waals surface area contributed by atoms with Crippen LogP contribution in [-0.2, 0) is 15.9 Å². The third-order valence-electron chi connectivity index (χ3n) is 4.91. The standard InChI is InChI=1S/C21H35FO3/c1-4-5-6-7-8-9-14-19(21(23,24-2)25-3)15-10-12-18-13-11-16-20(22)17-18/h11,13,16-17,19,23H,4-10,12,14-15H2,1-3H3. The molecule has 1 aromatic carbocycles. The molecule has 0 heterocycles. The Kier molecular flexibility index (Phi) is 10.9. The molecule has 1 atom stereocenters. The summed E-state index contributed by atoms with van der Waals surface area (Å²) in [6.45, 7) is 2.21. The summed E-state index contributed by atoms with van der Waals surface area (Å²) in [6, 6.07) is 6.70. The molecule has 0 aliphatic rings. The second kappa shape index (κ2) is 12.4. The zero-order valence-corrected chi connectivity index (χ0v) is 16.1. The third-order valence-corrected chi connectivity index (χ3v) is 4.91. The van der Waals surface area contributed by atoms with E-state index >= 15 is 0 Å². The van der Waals surface area contributed by atoms with Crippen molar-refractivity contribution in [2.75, 3.05) is 14.2 Å². The number of unbranched alkanes of at least 4 members (excludes halogenated alkanes) is 5. The summed E-state index contributed by atoms with van der Waals surface area (Å²) in [5.41, 5.74) is 0.983. The Labute approximate surface area is 152 Å². The molecule has 1 aromatic rings. The van der Waals surface area contributed by atoms with Crippen molar-refractivity contribution in [1.82, 2.24) is 0 Å². The van der Waals surface area contributed by atoms with Gasteiger partial charge in [0, 0.05) is 20.1 Å². The van der Waals surface area contributed by atoms with Gasteiger partial charge in [-0.15, -0.1) is 0 Å². The van der Waals surface area contributed by atoms with Gasteiger partial charge in [0.15, 0.2) is 0 Å². The van der Waals surface area contributed by atoms with Gasteiger partial charge >= 0.3 is 0 Å². The number of aliphatic hydroxyl groups is 1. The van der Waals surface area contributed by atoms with E-state index in [-0.39, 0.29) is 11.7 Å². The van der Waals surface area contributed by atoms with Gasteiger partial charge in [-0.05, 0) is 43.4 Å². The molecule has 4 heteroatoms. The van der Waals surface area contributed by atoms with Crippen molar-refractivity contribution in [3.63, 3.8) is 0 Å². The van der Waals surface area contributed by atoms with E-state index in [9.17, 15) is 9.50 Å². The van der Waals surface area contributed by atoms with Crippen molar-refractivity contribution in [3.05, 3.63) is 35.6 Å². The normalized spacial score (nSPS) is 13.2. The van der Waals surface area contributed by atoms with Crippen molar-refractivity contribution in [3.8, 4) is 0 Å². The minimum absolute atomic E-state index is 0.0813. The van der Waals surface area contributed by atoms with E-state index in [0.717, 1.165) is 37.7 Å². The zero-order chi connectivity index (χ0) is 18.5. The molecule has 0 aromatic heterocycles. The highest BCUT2D eigenvalue weighted by atomic mass is 19.1. The highest BCUT2D eigenvalue weighted by Crippen LogP contribution is 2.30. The lowest BCUT2D eigenvalue weighted by molar-refractivity contribution is -0.369. The van der Waals surface area contributed by atoms with Crippen LogP contribution < -0.4 is 0 Å². The number of hydrogen-bond donors (Lipinski definition) is 1. The zero-order valence-electron chi connectivity index (χ0n) is 16.1. The van der Waals surface area contributed by atoms with E-state index < -0.39 is 5.97 Å². The maximum absolute atomic E-state index is 13.3. The molecular formula is C21H35FO3. The first-order valence-corrected chi connectivity index (χ1v) is 9.62. The molecule has 25 heavy (non-hydrogen) atoms. The Morgan fingerprint density at radius 1 is 1.00 bits per heavy atom. The molecule has 3 nitrogen and oxygen atoms in total. The summed E-state index contributed by atoms with van der Waals surface area (Å²) in [5.74, 6) is -1.82. The van der Waals surface area contributed by atoms with E-state index in [1.54, 1.807) is 12.1 Å². The number of benzene rings is 1. The largest absolute Gasteiger partial charge is 0.343 e. The molecular weight excluding hydrogens is 319 g/mol. The third kappa shape index (κ3) is 8.30. The van der Waals surface area contributed by atoms with Crippen LogP contribution in [0.1, 0.15) is 70.3 Å². The lowest BCUT2D eigenvalue weighted by atomic mass is 9.91. The average Bonchev–Trinajstić information content (AvgIpc) is 2.62. The maximum atomic E-state index is 13.3. The number of hydrogen-bond acceptors (Lipinski definition) is 3. The van der Waals surface area contributed by atoms with Crippen molar-refractivity contribution in [2.45, 2.75) is 77.1 Å². The Hall–Kier alpha value is -0.970. The second-order valence-corrected chi connectivity index (χ2v) is 6.81. The smallest absolute Gasteiger partial charge is 0.282 e. The Morgan fingerprint density at radius 3 is 2.28 bits per heavy atom. The van der Waals surface area contributed by atoms with E-state index in [0.29, 0.717) is 0 Å². The first-order valence-electron chi connectivity index (χ1n) is 9.62. The van der Waals surface area contributed by atoms with Crippen LogP contribution in [0.4, 0.5) is 4.39 Å². The van der Waals surface area contributed by atoms with E-state index in [1.165, 1.54) is 52.4 Å². The average molecular weight is 355 g/mol. The van der Waals surface area contributed by atoms with Crippen LogP contribution in [0.15, 0.2) is 24.3 Å². The molecule has 0 spiro atoms. The van der Waals surface area contributed by atoms with Gasteiger partial charge in [0.2, 0.25) is 0 Å². The number of halogens is 1. The molecule has 0 bridgehead atoms. The summed E-state index contributed by atoms with van der Waals surface area (Å²) in [4.78, 5) is 0. The molecule has 1 unspecified atom stereocenters. The van der Waals surface area contributed by atoms with Crippen LogP contribution in [-0.4, -0.2) is 25.3 Å². The Bertz CT molecular complexity index is 460. The van der Waals surface area contributed by atoms with Gasteiger partial charge < -0.3 is 14.6 Å². The molecule has 0 radical (unpaired) electrons. The van der Waals surface area contributed by atoms with E-state index in [1.807, 2.05) is 6.07 Å². The van der Waals surface area contributed by atoms with Crippen molar-refractivity contribution >= 4 is 0 Å². The maximum Gasteiger partial charge on any atom is 0.282 e. The van der Waals surface area contributed by atoms with Crippen LogP contribution in [0.3, 0.4) is 0 Å². The Morgan fingerprint density at radius 2 is 1.64 bits per heavy atom. The van der Waals surface area contributed by atoms with Gasteiger partial charge in [-0.2, -0.15) is 0 Å². The second-order valence-electron chi connectivity index (χ2n) is 6.81. The van der Waals surface area contributed by atoms with Gasteiger partial charge in [-0.3, -0.25) is 0 Å². The monoisotopic (exact) mass is 354 g/mol. The number of aryl methyl sites for hydroxylation is 1. The van der Waals surface area contributed by atoms with Crippen LogP contribution in [0.5, 0.6) is 0 Å². The molecule has 1 rings (SSSR count). The van der Waals surface area contributed by atoms with Crippen LogP contribution in [0.25, 0.3) is 0 Å². The number of ether oxygens (including phenoxy) is 2. The summed E-state index contributed by atoms with van der Waals surface area (Å²) in [5, 5.41) is 10.6. The lowest BCUT2D eigenvalue weighted by Gasteiger charge is -2.33. The fraction of sp³-hybridized carbons (Fsp3) is 0.714. The first-order chi connectivity index (χ1) is 12.1. The molecule has 0 fully saturated rings. The topological polar surface area (TPSA) is 38.7 Å². The number of methoxy groups -OCH3 is 2. The van der Waals surface area contributed by atoms with Crippen molar-refractivity contribution < 1.29 is 19.0 Å². The molecule has 0 saturated heterocycles. The van der Waals surface area contributed by atoms with Gasteiger partial charge in [0.25, 0.3) is 5.97 Å². The lowest BCUT2D eigenvalue weighted by Crippen LogP contribution is -2.42. The van der Waals surface area contributed by atoms with Gasteiger partial charge in [0.05, 0.1) is 0 Å². The van der Waals surface area contributed by atoms with Crippen molar-refractivity contribution in [2.24, 2.45) is 5.92 Å². The highest BCUT2D eigenvalue weighted by Gasteiger charge is 2.36. The minimum atomic E-state index is -1.54. The molecule has 0 aliphatic carbocycles. The number of rotatable bonds is 14. The molecule has 0 amide bonds. The van der Waals surface area contributed by atoms with Gasteiger partial charge in [0.1, 0.15) is 5.82 Å². The summed E-state index contributed by atoms with van der Waals surface area (Å²) in [6.07, 6.45) is 10.6. The molecule has 0 saturated carbocycles. The molecule has 144 valence electrons. The quantitative estimate of drug-likeness (QED) is 0.356. The summed E-state index contributed by atoms with van der Waals surface area (Å²) >= 11 is 0. The van der Waals surface area contributed by atoms with Crippen molar-refractivity contribution in [1.29, 1.82) is 0 Å². The van der Waals surface area contributed by atoms with Crippen LogP contribution in [0, 0.1) is 11.7 Å². The minimum Gasteiger partial charge on any atom is -0.343 e. The summed E-state index contributed by atoms with van der Waals surface area (Å²) < 4.78 is 23.7. The SMILES string of the molecule is CCCCCCCCC(CCCc1cccc(F)c1)C(O)(OC)OC. The van der Waals surface area contributed by atoms with Gasteiger partial charge in [-0.1, -0.05) is 57.6 Å². The van der Waals surface area contributed by atoms with Crippen LogP contribution in [0.2, 0.25) is 0 Å². The Balaban J connectivity index is 2.47. The van der Waals surface area contributed by atoms with E-state index in [4.69, 9.17) is 9.47 Å². The molecule has 1 N–H and O–H groups in total. The van der Waals surface area contributed by atoms with Gasteiger partial charge in [-0.25, -0.2) is 4.39 Å². The fourth-order valence-corrected chi connectivity index (χ4v) is 3.34. The predicted molar refractivity (Wildman–Crippen MR) is 99.8 cm³/mol. The fourth-order valence-electron chi connectivity index (χ4n) is 3.34. The molecule has 0 aliphatic heterocycles. The van der Waals surface area contributed by atoms with E-state index in [2.05, 4.69) is 6.92 Å². The van der Waals surface area contributed by atoms with Crippen LogP contribution >= 0.6 is 0 Å². The highest BCUT2D eigenvalue weighted by molar-refractivity contribution is 5.16. The first kappa shape index (κ1) is 22.1.